The number of esters is 1. The Morgan fingerprint density at radius 1 is 1.58 bits per heavy atom. The van der Waals surface area contributed by atoms with E-state index in [1.54, 1.807) is 6.92 Å². The van der Waals surface area contributed by atoms with Gasteiger partial charge in [0.2, 0.25) is 5.91 Å². The Morgan fingerprint density at radius 3 is 2.68 bits per heavy atom. The van der Waals surface area contributed by atoms with Crippen LogP contribution in [0.25, 0.3) is 0 Å². The van der Waals surface area contributed by atoms with Crippen molar-refractivity contribution in [1.82, 2.24) is 5.32 Å². The molecule has 0 bridgehead atoms. The summed E-state index contributed by atoms with van der Waals surface area (Å²) < 4.78 is 4.57. The molecule has 0 aromatic heterocycles. The number of carbonyl (C=O) groups is 2. The number of hydrogen-bond acceptors (Lipinski definition) is 5. The van der Waals surface area contributed by atoms with Crippen LogP contribution >= 0.6 is 11.8 Å². The lowest BCUT2D eigenvalue weighted by molar-refractivity contribution is -0.140. The Labute approximate surface area is 118 Å². The molecule has 2 atom stereocenters. The summed E-state index contributed by atoms with van der Waals surface area (Å²) >= 11 is 1.39. The number of nitrogens with one attached hydrogen (secondary N) is 1. The highest BCUT2D eigenvalue weighted by atomic mass is 32.2. The second-order valence-corrected chi connectivity index (χ2v) is 6.47. The van der Waals surface area contributed by atoms with Gasteiger partial charge in [-0.1, -0.05) is 6.92 Å². The van der Waals surface area contributed by atoms with Gasteiger partial charge in [-0.05, 0) is 25.7 Å². The van der Waals surface area contributed by atoms with E-state index >= 15 is 0 Å². The molecule has 0 radical (unpaired) electrons. The van der Waals surface area contributed by atoms with Crippen LogP contribution in [0.1, 0.15) is 33.1 Å². The fraction of sp³-hybridized carbons (Fsp3) is 0.769. The van der Waals surface area contributed by atoms with Gasteiger partial charge in [-0.15, -0.1) is 11.8 Å². The number of hydrogen-bond donors (Lipinski definition) is 1. The molecule has 1 N–H and O–H groups in total. The van der Waals surface area contributed by atoms with Crippen molar-refractivity contribution in [3.8, 4) is 6.07 Å². The number of methoxy groups -OCH3 is 1. The van der Waals surface area contributed by atoms with E-state index in [0.717, 1.165) is 12.8 Å². The molecule has 1 aliphatic carbocycles. The summed E-state index contributed by atoms with van der Waals surface area (Å²) in [4.78, 5) is 22.9. The average molecular weight is 284 g/mol. The summed E-state index contributed by atoms with van der Waals surface area (Å²) in [6.45, 7) is 3.64. The van der Waals surface area contributed by atoms with Gasteiger partial charge in [0.1, 0.15) is 5.54 Å². The number of amides is 1. The lowest BCUT2D eigenvalue weighted by Crippen LogP contribution is -2.47. The largest absolute Gasteiger partial charge is 0.469 e. The quantitative estimate of drug-likeness (QED) is 0.716. The van der Waals surface area contributed by atoms with E-state index in [2.05, 4.69) is 16.1 Å². The Morgan fingerprint density at radius 2 is 2.21 bits per heavy atom. The van der Waals surface area contributed by atoms with Crippen molar-refractivity contribution < 1.29 is 14.3 Å². The molecule has 0 aliphatic heterocycles. The van der Waals surface area contributed by atoms with Crippen molar-refractivity contribution in [3.05, 3.63) is 0 Å². The highest BCUT2D eigenvalue weighted by Gasteiger charge is 2.42. The van der Waals surface area contributed by atoms with Crippen molar-refractivity contribution >= 4 is 23.6 Å². The van der Waals surface area contributed by atoms with Crippen molar-refractivity contribution in [2.75, 3.05) is 12.9 Å². The van der Waals surface area contributed by atoms with Crippen LogP contribution in [0.2, 0.25) is 0 Å². The fourth-order valence-corrected chi connectivity index (χ4v) is 2.56. The van der Waals surface area contributed by atoms with Crippen LogP contribution in [0, 0.1) is 17.2 Å². The SMILES string of the molecule is COC(=O)CC(C)SCC(=O)NC(C)(C#N)C1CC1. The van der Waals surface area contributed by atoms with Crippen molar-refractivity contribution in [2.45, 2.75) is 43.9 Å². The van der Waals surface area contributed by atoms with Gasteiger partial charge in [-0.25, -0.2) is 0 Å². The number of ether oxygens (including phenoxy) is 1. The third-order valence-electron chi connectivity index (χ3n) is 3.21. The molecule has 1 rings (SSSR count). The normalized spacial score (nSPS) is 18.8. The molecule has 0 aromatic rings. The van der Waals surface area contributed by atoms with Gasteiger partial charge in [-0.3, -0.25) is 9.59 Å². The van der Waals surface area contributed by atoms with Gasteiger partial charge < -0.3 is 10.1 Å². The molecule has 1 amide bonds. The van der Waals surface area contributed by atoms with E-state index in [0.29, 0.717) is 0 Å². The summed E-state index contributed by atoms with van der Waals surface area (Å²) in [5.74, 6) is 0.0964. The fourth-order valence-electron chi connectivity index (χ4n) is 1.80. The summed E-state index contributed by atoms with van der Waals surface area (Å²) in [7, 11) is 1.35. The first-order valence-corrected chi connectivity index (χ1v) is 7.37. The van der Waals surface area contributed by atoms with E-state index in [-0.39, 0.29) is 35.2 Å². The smallest absolute Gasteiger partial charge is 0.306 e. The van der Waals surface area contributed by atoms with Gasteiger partial charge in [0.15, 0.2) is 0 Å². The van der Waals surface area contributed by atoms with Crippen molar-refractivity contribution in [2.24, 2.45) is 5.92 Å². The maximum Gasteiger partial charge on any atom is 0.306 e. The van der Waals surface area contributed by atoms with Crippen molar-refractivity contribution in [3.63, 3.8) is 0 Å². The van der Waals surface area contributed by atoms with E-state index in [9.17, 15) is 9.59 Å². The van der Waals surface area contributed by atoms with Crippen molar-refractivity contribution in [1.29, 1.82) is 5.26 Å². The number of nitriles is 1. The average Bonchev–Trinajstić information content (AvgIpc) is 3.20. The molecule has 2 unspecified atom stereocenters. The molecule has 1 aliphatic rings. The van der Waals surface area contributed by atoms with E-state index < -0.39 is 5.54 Å². The predicted molar refractivity (Wildman–Crippen MR) is 73.4 cm³/mol. The van der Waals surface area contributed by atoms with Crippen LogP contribution in [0.4, 0.5) is 0 Å². The number of nitrogens with zero attached hydrogens (tertiary/aromatic N) is 1. The third-order valence-corrected chi connectivity index (χ3v) is 4.37. The number of thioether (sulfide) groups is 1. The molecule has 0 spiro atoms. The molecular weight excluding hydrogens is 264 g/mol. The van der Waals surface area contributed by atoms with Gasteiger partial charge in [-0.2, -0.15) is 5.26 Å². The molecule has 106 valence electrons. The Hall–Kier alpha value is -1.22. The molecular formula is C13H20N2O3S. The van der Waals surface area contributed by atoms with E-state index in [1.165, 1.54) is 18.9 Å². The zero-order valence-corrected chi connectivity index (χ0v) is 12.4. The zero-order chi connectivity index (χ0) is 14.5. The monoisotopic (exact) mass is 284 g/mol. The zero-order valence-electron chi connectivity index (χ0n) is 11.6. The van der Waals surface area contributed by atoms with Crippen LogP contribution in [0.3, 0.4) is 0 Å². The van der Waals surface area contributed by atoms with Crippen LogP contribution in [-0.4, -0.2) is 35.5 Å². The maximum atomic E-state index is 11.8. The van der Waals surface area contributed by atoms with Crippen LogP contribution in [-0.2, 0) is 14.3 Å². The van der Waals surface area contributed by atoms with Crippen LogP contribution in [0.15, 0.2) is 0 Å². The topological polar surface area (TPSA) is 79.2 Å². The highest BCUT2D eigenvalue weighted by molar-refractivity contribution is 8.00. The predicted octanol–water partition coefficient (Wildman–Crippen LogP) is 1.48. The summed E-state index contributed by atoms with van der Waals surface area (Å²) in [6.07, 6.45) is 2.28. The number of rotatable bonds is 7. The lowest BCUT2D eigenvalue weighted by atomic mass is 9.98. The van der Waals surface area contributed by atoms with Gasteiger partial charge >= 0.3 is 5.97 Å². The summed E-state index contributed by atoms with van der Waals surface area (Å²) in [5.41, 5.74) is -0.747. The molecule has 5 nitrogen and oxygen atoms in total. The Kier molecular flexibility index (Phi) is 5.67. The first kappa shape index (κ1) is 15.8. The Bertz CT molecular complexity index is 390. The second-order valence-electron chi connectivity index (χ2n) is 5.04. The second kappa shape index (κ2) is 6.80. The van der Waals surface area contributed by atoms with Crippen LogP contribution < -0.4 is 5.32 Å². The van der Waals surface area contributed by atoms with Crippen LogP contribution in [0.5, 0.6) is 0 Å². The van der Waals surface area contributed by atoms with Gasteiger partial charge in [0.25, 0.3) is 0 Å². The molecule has 0 aromatic carbocycles. The first-order chi connectivity index (χ1) is 8.91. The highest BCUT2D eigenvalue weighted by Crippen LogP contribution is 2.39. The Balaban J connectivity index is 2.31. The molecule has 6 heteroatoms. The lowest BCUT2D eigenvalue weighted by Gasteiger charge is -2.23. The number of carbonyl (C=O) groups excluding carboxylic acids is 2. The molecule has 1 saturated carbocycles. The maximum absolute atomic E-state index is 11.8. The van der Waals surface area contributed by atoms with E-state index in [4.69, 9.17) is 5.26 Å². The summed E-state index contributed by atoms with van der Waals surface area (Å²) in [6, 6.07) is 2.18. The standard InChI is InChI=1S/C13H20N2O3S/c1-9(6-12(17)18-3)19-7-11(16)15-13(2,8-14)10-4-5-10/h9-10H,4-7H2,1-3H3,(H,15,16). The minimum absolute atomic E-state index is 0.0208. The summed E-state index contributed by atoms with van der Waals surface area (Å²) in [5, 5.41) is 12.0. The molecule has 19 heavy (non-hydrogen) atoms. The molecule has 0 saturated heterocycles. The minimum atomic E-state index is -0.747. The van der Waals surface area contributed by atoms with E-state index in [1.807, 2.05) is 6.92 Å². The minimum Gasteiger partial charge on any atom is -0.469 e. The third kappa shape index (κ3) is 5.11. The van der Waals surface area contributed by atoms with Gasteiger partial charge in [0, 0.05) is 5.25 Å². The molecule has 1 fully saturated rings. The van der Waals surface area contributed by atoms with Gasteiger partial charge in [0.05, 0.1) is 25.4 Å². The molecule has 0 heterocycles. The first-order valence-electron chi connectivity index (χ1n) is 6.32.